The van der Waals surface area contributed by atoms with Gasteiger partial charge in [-0.3, -0.25) is 10.1 Å². The Balaban J connectivity index is 2.25. The van der Waals surface area contributed by atoms with Crippen LogP contribution in [0.15, 0.2) is 17.1 Å². The molecule has 1 aromatic carbocycles. The van der Waals surface area contributed by atoms with Gasteiger partial charge in [0, 0.05) is 12.0 Å². The van der Waals surface area contributed by atoms with Crippen molar-refractivity contribution in [3.63, 3.8) is 0 Å². The molecule has 2 N–H and O–H groups in total. The van der Waals surface area contributed by atoms with Crippen LogP contribution in [0.4, 0.5) is 18.9 Å². The summed E-state index contributed by atoms with van der Waals surface area (Å²) in [4.78, 5) is 13.5. The zero-order valence-corrected chi connectivity index (χ0v) is 10.6. The first-order valence-electron chi connectivity index (χ1n) is 6.11. The summed E-state index contributed by atoms with van der Waals surface area (Å²) in [5.41, 5.74) is 1.81. The van der Waals surface area contributed by atoms with Crippen LogP contribution in [0.3, 0.4) is 0 Å². The van der Waals surface area contributed by atoms with Crippen molar-refractivity contribution in [1.29, 1.82) is 0 Å². The SMILES string of the molecule is NC1=N[C@](CF)(c2c(F)ccc([N+](=O)[O-])c2F)[C@H]2C[C@H]2O1. The van der Waals surface area contributed by atoms with Gasteiger partial charge in [-0.05, 0) is 12.5 Å². The monoisotopic (exact) mass is 301 g/mol. The summed E-state index contributed by atoms with van der Waals surface area (Å²) in [6.07, 6.45) is -0.147. The third-order valence-electron chi connectivity index (χ3n) is 3.83. The normalized spacial score (nSPS) is 30.1. The highest BCUT2D eigenvalue weighted by Crippen LogP contribution is 2.54. The van der Waals surface area contributed by atoms with Gasteiger partial charge in [-0.15, -0.1) is 0 Å². The van der Waals surface area contributed by atoms with Crippen molar-refractivity contribution in [2.75, 3.05) is 6.67 Å². The van der Waals surface area contributed by atoms with Crippen molar-refractivity contribution in [2.45, 2.75) is 18.1 Å². The summed E-state index contributed by atoms with van der Waals surface area (Å²) in [5, 5.41) is 10.8. The lowest BCUT2D eigenvalue weighted by molar-refractivity contribution is -0.387. The van der Waals surface area contributed by atoms with Gasteiger partial charge in [0.15, 0.2) is 0 Å². The van der Waals surface area contributed by atoms with Crippen LogP contribution in [-0.4, -0.2) is 23.7 Å². The lowest BCUT2D eigenvalue weighted by Gasteiger charge is -2.31. The molecule has 1 aromatic rings. The maximum atomic E-state index is 14.3. The fourth-order valence-corrected chi connectivity index (χ4v) is 2.78. The molecule has 0 bridgehead atoms. The molecule has 1 aliphatic heterocycles. The zero-order chi connectivity index (χ0) is 15.4. The van der Waals surface area contributed by atoms with E-state index in [1.165, 1.54) is 0 Å². The Bertz CT molecular complexity index is 667. The summed E-state index contributed by atoms with van der Waals surface area (Å²) in [6, 6.07) is 1.04. The first-order valence-corrected chi connectivity index (χ1v) is 6.11. The van der Waals surface area contributed by atoms with Crippen molar-refractivity contribution in [3.05, 3.63) is 39.4 Å². The van der Waals surface area contributed by atoms with Gasteiger partial charge in [0.05, 0.1) is 10.5 Å². The minimum atomic E-state index is -1.91. The average Bonchev–Trinajstić information content (AvgIpc) is 3.17. The van der Waals surface area contributed by atoms with E-state index >= 15 is 0 Å². The molecule has 112 valence electrons. The molecule has 0 radical (unpaired) electrons. The maximum absolute atomic E-state index is 14.3. The van der Waals surface area contributed by atoms with Gasteiger partial charge in [0.1, 0.15) is 24.1 Å². The number of nitro groups is 1. The largest absolute Gasteiger partial charge is 0.462 e. The Morgan fingerprint density at radius 1 is 1.52 bits per heavy atom. The number of amidine groups is 1. The number of aliphatic imine (C=N–C) groups is 1. The van der Waals surface area contributed by atoms with Crippen LogP contribution in [0, 0.1) is 27.7 Å². The van der Waals surface area contributed by atoms with E-state index in [1.54, 1.807) is 0 Å². The third-order valence-corrected chi connectivity index (χ3v) is 3.83. The highest BCUT2D eigenvalue weighted by atomic mass is 19.1. The lowest BCUT2D eigenvalue weighted by atomic mass is 9.85. The molecule has 0 spiro atoms. The van der Waals surface area contributed by atoms with Crippen molar-refractivity contribution in [3.8, 4) is 0 Å². The van der Waals surface area contributed by atoms with Crippen LogP contribution < -0.4 is 5.73 Å². The van der Waals surface area contributed by atoms with Crippen LogP contribution in [0.2, 0.25) is 0 Å². The molecule has 1 fully saturated rings. The highest BCUT2D eigenvalue weighted by Gasteiger charge is 2.61. The minimum Gasteiger partial charge on any atom is -0.462 e. The number of benzene rings is 1. The van der Waals surface area contributed by atoms with E-state index in [0.29, 0.717) is 12.5 Å². The molecule has 0 amide bonds. The summed E-state index contributed by atoms with van der Waals surface area (Å²) in [7, 11) is 0. The fourth-order valence-electron chi connectivity index (χ4n) is 2.78. The van der Waals surface area contributed by atoms with Crippen molar-refractivity contribution < 1.29 is 22.8 Å². The molecule has 1 aliphatic carbocycles. The van der Waals surface area contributed by atoms with Crippen LogP contribution in [0.1, 0.15) is 12.0 Å². The molecule has 21 heavy (non-hydrogen) atoms. The first-order chi connectivity index (χ1) is 9.90. The Hall–Kier alpha value is -2.32. The zero-order valence-electron chi connectivity index (χ0n) is 10.6. The average molecular weight is 301 g/mol. The quantitative estimate of drug-likeness (QED) is 0.680. The molecule has 3 rings (SSSR count). The molecule has 6 nitrogen and oxygen atoms in total. The Morgan fingerprint density at radius 3 is 2.86 bits per heavy atom. The van der Waals surface area contributed by atoms with E-state index in [9.17, 15) is 23.3 Å². The van der Waals surface area contributed by atoms with Gasteiger partial charge in [-0.1, -0.05) is 0 Å². The van der Waals surface area contributed by atoms with E-state index in [4.69, 9.17) is 10.5 Å². The van der Waals surface area contributed by atoms with Gasteiger partial charge in [-0.25, -0.2) is 13.8 Å². The number of alkyl halides is 1. The number of hydrogen-bond acceptors (Lipinski definition) is 5. The molecule has 1 saturated carbocycles. The Labute approximate surface area is 116 Å². The van der Waals surface area contributed by atoms with Gasteiger partial charge in [0.25, 0.3) is 6.02 Å². The smallest absolute Gasteiger partial charge is 0.305 e. The maximum Gasteiger partial charge on any atom is 0.305 e. The molecular formula is C12H10F3N3O3. The van der Waals surface area contributed by atoms with E-state index in [1.807, 2.05) is 0 Å². The van der Waals surface area contributed by atoms with E-state index in [2.05, 4.69) is 4.99 Å². The summed E-state index contributed by atoms with van der Waals surface area (Å²) < 4.78 is 47.1. The molecule has 2 aliphatic rings. The minimum absolute atomic E-state index is 0.329. The van der Waals surface area contributed by atoms with E-state index in [0.717, 1.165) is 6.07 Å². The number of nitrogens with zero attached hydrogens (tertiary/aromatic N) is 2. The number of ether oxygens (including phenoxy) is 1. The van der Waals surface area contributed by atoms with Crippen LogP contribution in [-0.2, 0) is 10.3 Å². The second kappa shape index (κ2) is 4.34. The molecular weight excluding hydrogens is 291 g/mol. The molecule has 9 heteroatoms. The Kier molecular flexibility index (Phi) is 2.82. The standard InChI is InChI=1S/C12H10F3N3O3/c13-4-12(5-3-8(5)21-11(16)17-12)9-6(14)1-2-7(10(9)15)18(19)20/h1-2,5,8H,3-4H2,(H2,16,17)/t5-,8+,12-/m0/s1. The number of nitro benzene ring substituents is 1. The number of hydrogen-bond donors (Lipinski definition) is 1. The second-order valence-electron chi connectivity index (χ2n) is 5.02. The summed E-state index contributed by atoms with van der Waals surface area (Å²) >= 11 is 0. The van der Waals surface area contributed by atoms with Crippen LogP contribution in [0.5, 0.6) is 0 Å². The third kappa shape index (κ3) is 1.83. The molecule has 3 atom stereocenters. The lowest BCUT2D eigenvalue weighted by Crippen LogP contribution is -2.40. The molecule has 0 aromatic heterocycles. The molecule has 0 unspecified atom stereocenters. The first kappa shape index (κ1) is 13.7. The second-order valence-corrected chi connectivity index (χ2v) is 5.02. The van der Waals surface area contributed by atoms with Crippen LogP contribution in [0.25, 0.3) is 0 Å². The van der Waals surface area contributed by atoms with Crippen molar-refractivity contribution in [1.82, 2.24) is 0 Å². The molecule has 1 heterocycles. The summed E-state index contributed by atoms with van der Waals surface area (Å²) in [6.45, 7) is -1.23. The van der Waals surface area contributed by atoms with Gasteiger partial charge in [-0.2, -0.15) is 4.39 Å². The van der Waals surface area contributed by atoms with Crippen LogP contribution >= 0.6 is 0 Å². The van der Waals surface area contributed by atoms with E-state index < -0.39 is 52.0 Å². The number of rotatable bonds is 3. The van der Waals surface area contributed by atoms with Gasteiger partial charge >= 0.3 is 5.69 Å². The topological polar surface area (TPSA) is 90.8 Å². The number of nitrogens with two attached hydrogens (primary N) is 1. The number of halogens is 3. The Morgan fingerprint density at radius 2 is 2.24 bits per heavy atom. The van der Waals surface area contributed by atoms with Crippen molar-refractivity contribution in [2.24, 2.45) is 16.6 Å². The predicted octanol–water partition coefficient (Wildman–Crippen LogP) is 1.77. The fraction of sp³-hybridized carbons (Fsp3) is 0.417. The predicted molar refractivity (Wildman–Crippen MR) is 65.3 cm³/mol. The highest BCUT2D eigenvalue weighted by molar-refractivity contribution is 5.74. The summed E-state index contributed by atoms with van der Waals surface area (Å²) in [5.74, 6) is -3.12. The molecule has 0 saturated heterocycles. The van der Waals surface area contributed by atoms with Gasteiger partial charge < -0.3 is 10.5 Å². The van der Waals surface area contributed by atoms with Gasteiger partial charge in [0.2, 0.25) is 5.82 Å². The van der Waals surface area contributed by atoms with Crippen molar-refractivity contribution >= 4 is 11.7 Å². The van der Waals surface area contributed by atoms with E-state index in [-0.39, 0.29) is 6.02 Å². The number of fused-ring (bicyclic) bond motifs is 1.